The minimum absolute atomic E-state index is 0.297. The van der Waals surface area contributed by atoms with Crippen molar-refractivity contribution in [2.45, 2.75) is 6.10 Å². The highest BCUT2D eigenvalue weighted by molar-refractivity contribution is 5.32. The van der Waals surface area contributed by atoms with Crippen LogP contribution in [0, 0.1) is 0 Å². The van der Waals surface area contributed by atoms with Crippen molar-refractivity contribution in [3.8, 4) is 11.5 Å². The number of rotatable bonds is 4. The molecule has 1 fully saturated rings. The van der Waals surface area contributed by atoms with E-state index >= 15 is 0 Å². The highest BCUT2D eigenvalue weighted by atomic mass is 16.6. The van der Waals surface area contributed by atoms with Gasteiger partial charge < -0.3 is 14.2 Å². The first-order valence-corrected chi connectivity index (χ1v) is 4.27. The van der Waals surface area contributed by atoms with Gasteiger partial charge in [-0.2, -0.15) is 0 Å². The predicted octanol–water partition coefficient (Wildman–Crippen LogP) is 1.47. The number of hydrogen-bond acceptors (Lipinski definition) is 3. The Morgan fingerprint density at radius 2 is 2.23 bits per heavy atom. The Bertz CT molecular complexity index is 281. The van der Waals surface area contributed by atoms with E-state index in [9.17, 15) is 0 Å². The molecule has 0 spiro atoms. The molecular formula is C10H12O3. The fourth-order valence-electron chi connectivity index (χ4n) is 1.04. The van der Waals surface area contributed by atoms with Crippen LogP contribution < -0.4 is 9.47 Å². The summed E-state index contributed by atoms with van der Waals surface area (Å²) in [4.78, 5) is 0. The van der Waals surface area contributed by atoms with Gasteiger partial charge in [-0.1, -0.05) is 6.07 Å². The normalized spacial score (nSPS) is 19.6. The summed E-state index contributed by atoms with van der Waals surface area (Å²) >= 11 is 0. The molecule has 1 saturated heterocycles. The van der Waals surface area contributed by atoms with Gasteiger partial charge in [0.2, 0.25) is 0 Å². The Morgan fingerprint density at radius 1 is 1.46 bits per heavy atom. The van der Waals surface area contributed by atoms with Crippen molar-refractivity contribution in [3.63, 3.8) is 0 Å². The molecule has 0 saturated carbocycles. The molecule has 1 heterocycles. The maximum atomic E-state index is 5.47. The molecule has 0 unspecified atom stereocenters. The maximum Gasteiger partial charge on any atom is 0.123 e. The molecule has 2 rings (SSSR count). The smallest absolute Gasteiger partial charge is 0.123 e. The number of ether oxygens (including phenoxy) is 3. The molecule has 1 aliphatic rings. The Hall–Kier alpha value is -1.22. The van der Waals surface area contributed by atoms with Crippen LogP contribution in [0.15, 0.2) is 24.3 Å². The Kier molecular flexibility index (Phi) is 2.36. The fourth-order valence-corrected chi connectivity index (χ4v) is 1.04. The molecule has 0 aliphatic carbocycles. The molecule has 0 radical (unpaired) electrons. The quantitative estimate of drug-likeness (QED) is 0.657. The highest BCUT2D eigenvalue weighted by Crippen LogP contribution is 2.20. The first kappa shape index (κ1) is 8.38. The molecule has 3 nitrogen and oxygen atoms in total. The molecule has 0 N–H and O–H groups in total. The minimum atomic E-state index is 0.297. The molecule has 1 aliphatic heterocycles. The Balaban J connectivity index is 1.93. The topological polar surface area (TPSA) is 31.0 Å². The molecule has 0 aromatic heterocycles. The summed E-state index contributed by atoms with van der Waals surface area (Å²) in [5.74, 6) is 1.64. The van der Waals surface area contributed by atoms with E-state index in [-0.39, 0.29) is 0 Å². The summed E-state index contributed by atoms with van der Waals surface area (Å²) < 4.78 is 15.6. The largest absolute Gasteiger partial charge is 0.497 e. The van der Waals surface area contributed by atoms with Crippen LogP contribution in [0.1, 0.15) is 0 Å². The third-order valence-electron chi connectivity index (χ3n) is 1.88. The van der Waals surface area contributed by atoms with Gasteiger partial charge >= 0.3 is 0 Å². The molecule has 1 atom stereocenters. The van der Waals surface area contributed by atoms with E-state index in [1.165, 1.54) is 0 Å². The van der Waals surface area contributed by atoms with E-state index in [0.29, 0.717) is 12.7 Å². The standard InChI is InChI=1S/C10H12O3/c1-11-8-3-2-4-9(5-8)12-6-10-7-13-10/h2-5,10H,6-7H2,1H3/t10-/m1/s1. The third kappa shape index (κ3) is 2.36. The van der Waals surface area contributed by atoms with Gasteiger partial charge in [0.25, 0.3) is 0 Å². The van der Waals surface area contributed by atoms with Crippen molar-refractivity contribution in [3.05, 3.63) is 24.3 Å². The third-order valence-corrected chi connectivity index (χ3v) is 1.88. The lowest BCUT2D eigenvalue weighted by Gasteiger charge is -2.05. The van der Waals surface area contributed by atoms with Gasteiger partial charge in [-0.3, -0.25) is 0 Å². The van der Waals surface area contributed by atoms with Crippen molar-refractivity contribution in [1.29, 1.82) is 0 Å². The second kappa shape index (κ2) is 3.66. The van der Waals surface area contributed by atoms with E-state index in [4.69, 9.17) is 14.2 Å². The number of methoxy groups -OCH3 is 1. The highest BCUT2D eigenvalue weighted by Gasteiger charge is 2.22. The molecule has 1 aromatic rings. The summed E-state index contributed by atoms with van der Waals surface area (Å²) in [7, 11) is 1.64. The zero-order valence-corrected chi connectivity index (χ0v) is 7.53. The van der Waals surface area contributed by atoms with Crippen LogP contribution in [0.3, 0.4) is 0 Å². The SMILES string of the molecule is COc1cccc(OC[C@@H]2CO2)c1. The maximum absolute atomic E-state index is 5.47. The van der Waals surface area contributed by atoms with Gasteiger partial charge in [-0.25, -0.2) is 0 Å². The van der Waals surface area contributed by atoms with Gasteiger partial charge in [0.15, 0.2) is 0 Å². The fraction of sp³-hybridized carbons (Fsp3) is 0.400. The van der Waals surface area contributed by atoms with Crippen LogP contribution in [-0.4, -0.2) is 26.4 Å². The average Bonchev–Trinajstić information content (AvgIpc) is 2.99. The van der Waals surface area contributed by atoms with Crippen LogP contribution in [0.25, 0.3) is 0 Å². The lowest BCUT2D eigenvalue weighted by atomic mass is 10.3. The first-order valence-electron chi connectivity index (χ1n) is 4.27. The monoisotopic (exact) mass is 180 g/mol. The van der Waals surface area contributed by atoms with E-state index in [0.717, 1.165) is 18.1 Å². The zero-order chi connectivity index (χ0) is 9.10. The van der Waals surface area contributed by atoms with Crippen LogP contribution >= 0.6 is 0 Å². The molecule has 0 amide bonds. The Labute approximate surface area is 77.2 Å². The second-order valence-electron chi connectivity index (χ2n) is 2.95. The number of hydrogen-bond donors (Lipinski definition) is 0. The summed E-state index contributed by atoms with van der Waals surface area (Å²) in [6.07, 6.45) is 0.297. The molecular weight excluding hydrogens is 168 g/mol. The van der Waals surface area contributed by atoms with Crippen molar-refractivity contribution in [2.24, 2.45) is 0 Å². The van der Waals surface area contributed by atoms with E-state index in [1.54, 1.807) is 7.11 Å². The number of benzene rings is 1. The molecule has 1 aromatic carbocycles. The van der Waals surface area contributed by atoms with Crippen LogP contribution in [0.4, 0.5) is 0 Å². The van der Waals surface area contributed by atoms with Crippen LogP contribution in [-0.2, 0) is 4.74 Å². The van der Waals surface area contributed by atoms with Gasteiger partial charge in [0.1, 0.15) is 24.2 Å². The van der Waals surface area contributed by atoms with Crippen molar-refractivity contribution < 1.29 is 14.2 Å². The molecule has 3 heteroatoms. The van der Waals surface area contributed by atoms with Crippen molar-refractivity contribution in [1.82, 2.24) is 0 Å². The van der Waals surface area contributed by atoms with Crippen LogP contribution in [0.5, 0.6) is 11.5 Å². The Morgan fingerprint density at radius 3 is 2.92 bits per heavy atom. The summed E-state index contributed by atoms with van der Waals surface area (Å²) in [5, 5.41) is 0. The molecule has 0 bridgehead atoms. The van der Waals surface area contributed by atoms with Gasteiger partial charge in [-0.15, -0.1) is 0 Å². The minimum Gasteiger partial charge on any atom is -0.497 e. The van der Waals surface area contributed by atoms with E-state index < -0.39 is 0 Å². The van der Waals surface area contributed by atoms with Crippen LogP contribution in [0.2, 0.25) is 0 Å². The number of epoxide rings is 1. The van der Waals surface area contributed by atoms with Gasteiger partial charge in [0, 0.05) is 6.07 Å². The summed E-state index contributed by atoms with van der Waals surface area (Å²) in [5.41, 5.74) is 0. The summed E-state index contributed by atoms with van der Waals surface area (Å²) in [6.45, 7) is 1.46. The van der Waals surface area contributed by atoms with Gasteiger partial charge in [-0.05, 0) is 12.1 Å². The lowest BCUT2D eigenvalue weighted by Crippen LogP contribution is -2.03. The first-order chi connectivity index (χ1) is 6.38. The van der Waals surface area contributed by atoms with E-state index in [1.807, 2.05) is 24.3 Å². The lowest BCUT2D eigenvalue weighted by molar-refractivity contribution is 0.262. The molecule has 13 heavy (non-hydrogen) atoms. The summed E-state index contributed by atoms with van der Waals surface area (Å²) in [6, 6.07) is 7.57. The van der Waals surface area contributed by atoms with Crippen molar-refractivity contribution in [2.75, 3.05) is 20.3 Å². The zero-order valence-electron chi connectivity index (χ0n) is 7.53. The molecule has 70 valence electrons. The van der Waals surface area contributed by atoms with Gasteiger partial charge in [0.05, 0.1) is 13.7 Å². The predicted molar refractivity (Wildman–Crippen MR) is 48.2 cm³/mol. The average molecular weight is 180 g/mol. The van der Waals surface area contributed by atoms with E-state index in [2.05, 4.69) is 0 Å². The van der Waals surface area contributed by atoms with Crippen molar-refractivity contribution >= 4 is 0 Å². The second-order valence-corrected chi connectivity index (χ2v) is 2.95.